The second-order valence-corrected chi connectivity index (χ2v) is 5.14. The minimum atomic E-state index is -0.437. The first kappa shape index (κ1) is 14.3. The van der Waals surface area contributed by atoms with Crippen LogP contribution < -0.4 is 4.90 Å². The summed E-state index contributed by atoms with van der Waals surface area (Å²) in [6.07, 6.45) is 0.654. The molecule has 0 spiro atoms. The summed E-state index contributed by atoms with van der Waals surface area (Å²) in [5.74, 6) is 0. The first-order valence-corrected chi connectivity index (χ1v) is 7.07. The first-order valence-electron chi connectivity index (χ1n) is 7.07. The van der Waals surface area contributed by atoms with Crippen LogP contribution >= 0.6 is 0 Å². The van der Waals surface area contributed by atoms with Gasteiger partial charge in [0, 0.05) is 37.4 Å². The summed E-state index contributed by atoms with van der Waals surface area (Å²) >= 11 is 0. The third-order valence-corrected chi connectivity index (χ3v) is 3.73. The van der Waals surface area contributed by atoms with Gasteiger partial charge in [-0.2, -0.15) is 0 Å². The predicted octanol–water partition coefficient (Wildman–Crippen LogP) is 1.24. The van der Waals surface area contributed by atoms with Crippen molar-refractivity contribution in [3.63, 3.8) is 0 Å². The summed E-state index contributed by atoms with van der Waals surface area (Å²) < 4.78 is 0. The van der Waals surface area contributed by atoms with Gasteiger partial charge in [0.25, 0.3) is 0 Å². The van der Waals surface area contributed by atoms with Crippen LogP contribution in [0.5, 0.6) is 0 Å². The smallest absolute Gasteiger partial charge is 0.0781 e. The average molecular weight is 264 g/mol. The molecule has 2 rings (SSSR count). The average Bonchev–Trinajstić information content (AvgIpc) is 2.65. The van der Waals surface area contributed by atoms with Crippen LogP contribution in [0.4, 0.5) is 5.69 Å². The van der Waals surface area contributed by atoms with E-state index in [1.807, 2.05) is 25.1 Å². The molecule has 0 saturated carbocycles. The molecule has 2 N–H and O–H groups in total. The van der Waals surface area contributed by atoms with Crippen LogP contribution in [0.25, 0.3) is 0 Å². The Hall–Kier alpha value is -1.10. The minimum Gasteiger partial charge on any atom is -0.395 e. The lowest BCUT2D eigenvalue weighted by atomic mass is 10.1. The number of aliphatic hydroxyl groups is 2. The normalized spacial score (nSPS) is 19.2. The van der Waals surface area contributed by atoms with Gasteiger partial charge in [-0.15, -0.1) is 0 Å². The fourth-order valence-corrected chi connectivity index (χ4v) is 2.71. The number of β-amino-alcohol motifs (C(OH)–C–C–N with tert-alkyl or cyclic N) is 1. The third kappa shape index (κ3) is 3.69. The molecule has 1 atom stereocenters. The van der Waals surface area contributed by atoms with Crippen LogP contribution in [-0.2, 0) is 0 Å². The Morgan fingerprint density at radius 3 is 2.68 bits per heavy atom. The Morgan fingerprint density at radius 2 is 1.95 bits per heavy atom. The maximum absolute atomic E-state index is 9.87. The number of hydrogen-bond acceptors (Lipinski definition) is 4. The van der Waals surface area contributed by atoms with Crippen molar-refractivity contribution in [2.45, 2.75) is 19.4 Å². The molecule has 1 heterocycles. The van der Waals surface area contributed by atoms with E-state index in [1.54, 1.807) is 0 Å². The largest absolute Gasteiger partial charge is 0.395 e. The van der Waals surface area contributed by atoms with E-state index < -0.39 is 6.10 Å². The monoisotopic (exact) mass is 264 g/mol. The molecular weight excluding hydrogens is 240 g/mol. The number of benzene rings is 1. The van der Waals surface area contributed by atoms with E-state index >= 15 is 0 Å². The van der Waals surface area contributed by atoms with Gasteiger partial charge in [-0.25, -0.2) is 0 Å². The van der Waals surface area contributed by atoms with Gasteiger partial charge in [0.2, 0.25) is 0 Å². The summed E-state index contributed by atoms with van der Waals surface area (Å²) in [4.78, 5) is 4.64. The Kier molecular flexibility index (Phi) is 5.19. The highest BCUT2D eigenvalue weighted by Gasteiger charge is 2.18. The minimum absolute atomic E-state index is 0.226. The van der Waals surface area contributed by atoms with Crippen LogP contribution in [0.15, 0.2) is 24.3 Å². The van der Waals surface area contributed by atoms with E-state index in [0.717, 1.165) is 50.4 Å². The van der Waals surface area contributed by atoms with Gasteiger partial charge in [0.15, 0.2) is 0 Å². The number of rotatable bonds is 4. The standard InChI is InChI=1S/C15H24N2O2/c1-13(19)14-5-2-3-6-15(14)17-8-4-7-16(9-10-17)11-12-18/h2-3,5-6,13,18-19H,4,7-12H2,1H3. The quantitative estimate of drug-likeness (QED) is 0.859. The molecule has 106 valence electrons. The summed E-state index contributed by atoms with van der Waals surface area (Å²) in [6, 6.07) is 8.08. The molecule has 1 aliphatic heterocycles. The summed E-state index contributed by atoms with van der Waals surface area (Å²) in [7, 11) is 0. The molecule has 4 heteroatoms. The van der Waals surface area contributed by atoms with Crippen LogP contribution in [-0.4, -0.2) is 54.4 Å². The first-order chi connectivity index (χ1) is 9.22. The van der Waals surface area contributed by atoms with Crippen LogP contribution in [0.3, 0.4) is 0 Å². The Labute approximate surface area is 115 Å². The van der Waals surface area contributed by atoms with Crippen molar-refractivity contribution in [3.05, 3.63) is 29.8 Å². The van der Waals surface area contributed by atoms with Crippen molar-refractivity contribution < 1.29 is 10.2 Å². The van der Waals surface area contributed by atoms with Gasteiger partial charge in [-0.05, 0) is 26.0 Å². The predicted molar refractivity (Wildman–Crippen MR) is 77.4 cm³/mol. The van der Waals surface area contributed by atoms with E-state index in [-0.39, 0.29) is 6.61 Å². The highest BCUT2D eigenvalue weighted by molar-refractivity contribution is 5.54. The lowest BCUT2D eigenvalue weighted by Crippen LogP contribution is -2.32. The number of para-hydroxylation sites is 1. The topological polar surface area (TPSA) is 46.9 Å². The SMILES string of the molecule is CC(O)c1ccccc1N1CCCN(CCO)CC1. The molecule has 1 unspecified atom stereocenters. The van der Waals surface area contributed by atoms with E-state index in [4.69, 9.17) is 5.11 Å². The summed E-state index contributed by atoms with van der Waals surface area (Å²) in [6.45, 7) is 6.75. The fraction of sp³-hybridized carbons (Fsp3) is 0.600. The number of aliphatic hydroxyl groups excluding tert-OH is 2. The molecule has 19 heavy (non-hydrogen) atoms. The fourth-order valence-electron chi connectivity index (χ4n) is 2.71. The van der Waals surface area contributed by atoms with Gasteiger partial charge >= 0.3 is 0 Å². The molecule has 0 bridgehead atoms. The van der Waals surface area contributed by atoms with Crippen molar-refractivity contribution in [1.29, 1.82) is 0 Å². The molecule has 0 aliphatic carbocycles. The number of anilines is 1. The van der Waals surface area contributed by atoms with E-state index in [2.05, 4.69) is 15.9 Å². The van der Waals surface area contributed by atoms with Gasteiger partial charge in [-0.3, -0.25) is 4.90 Å². The molecule has 1 aromatic carbocycles. The van der Waals surface area contributed by atoms with Crippen molar-refractivity contribution >= 4 is 5.69 Å². The number of hydrogen-bond donors (Lipinski definition) is 2. The van der Waals surface area contributed by atoms with Crippen LogP contribution in [0.1, 0.15) is 25.0 Å². The van der Waals surface area contributed by atoms with Crippen LogP contribution in [0.2, 0.25) is 0 Å². The molecule has 1 saturated heterocycles. The molecular formula is C15H24N2O2. The van der Waals surface area contributed by atoms with E-state index in [0.29, 0.717) is 0 Å². The van der Waals surface area contributed by atoms with Gasteiger partial charge in [0.05, 0.1) is 12.7 Å². The molecule has 4 nitrogen and oxygen atoms in total. The maximum atomic E-state index is 9.87. The molecule has 1 aliphatic rings. The molecule has 0 amide bonds. The van der Waals surface area contributed by atoms with Crippen molar-refractivity contribution in [2.24, 2.45) is 0 Å². The van der Waals surface area contributed by atoms with Gasteiger partial charge < -0.3 is 15.1 Å². The Morgan fingerprint density at radius 1 is 1.16 bits per heavy atom. The maximum Gasteiger partial charge on any atom is 0.0781 e. The third-order valence-electron chi connectivity index (χ3n) is 3.73. The lowest BCUT2D eigenvalue weighted by Gasteiger charge is -2.26. The van der Waals surface area contributed by atoms with Gasteiger partial charge in [0.1, 0.15) is 0 Å². The molecule has 1 fully saturated rings. The summed E-state index contributed by atoms with van der Waals surface area (Å²) in [5.41, 5.74) is 2.14. The molecule has 0 aromatic heterocycles. The Bertz CT molecular complexity index is 395. The molecule has 1 aromatic rings. The zero-order valence-electron chi connectivity index (χ0n) is 11.6. The van der Waals surface area contributed by atoms with Gasteiger partial charge in [-0.1, -0.05) is 18.2 Å². The van der Waals surface area contributed by atoms with Crippen molar-refractivity contribution in [1.82, 2.24) is 4.90 Å². The second kappa shape index (κ2) is 6.89. The zero-order chi connectivity index (χ0) is 13.7. The summed E-state index contributed by atoms with van der Waals surface area (Å²) in [5, 5.41) is 18.9. The Balaban J connectivity index is 2.10. The highest BCUT2D eigenvalue weighted by atomic mass is 16.3. The van der Waals surface area contributed by atoms with Crippen LogP contribution in [0, 0.1) is 0 Å². The van der Waals surface area contributed by atoms with E-state index in [9.17, 15) is 5.11 Å². The van der Waals surface area contributed by atoms with E-state index in [1.165, 1.54) is 0 Å². The zero-order valence-corrected chi connectivity index (χ0v) is 11.6. The van der Waals surface area contributed by atoms with Crippen molar-refractivity contribution in [3.8, 4) is 0 Å². The lowest BCUT2D eigenvalue weighted by molar-refractivity contribution is 0.199. The second-order valence-electron chi connectivity index (χ2n) is 5.14. The highest BCUT2D eigenvalue weighted by Crippen LogP contribution is 2.26. The van der Waals surface area contributed by atoms with Crippen molar-refractivity contribution in [2.75, 3.05) is 44.2 Å². The number of nitrogens with zero attached hydrogens (tertiary/aromatic N) is 2. The molecule has 0 radical (unpaired) electrons.